The summed E-state index contributed by atoms with van der Waals surface area (Å²) in [4.78, 5) is 12.7. The molecule has 0 aromatic heterocycles. The van der Waals surface area contributed by atoms with Crippen molar-refractivity contribution in [2.24, 2.45) is 0 Å². The lowest BCUT2D eigenvalue weighted by molar-refractivity contribution is -0.131. The molecular weight excluding hydrogens is 352 g/mol. The van der Waals surface area contributed by atoms with Crippen LogP contribution in [0.2, 0.25) is 0 Å². The Balaban J connectivity index is 1.45. The maximum atomic E-state index is 9.25. The van der Waals surface area contributed by atoms with E-state index >= 15 is 0 Å². The van der Waals surface area contributed by atoms with Crippen molar-refractivity contribution in [2.75, 3.05) is 97.1 Å². The third-order valence-electron chi connectivity index (χ3n) is 6.63. The fourth-order valence-electron chi connectivity index (χ4n) is 5.04. The topological polar surface area (TPSA) is 48.5 Å². The van der Waals surface area contributed by atoms with Crippen LogP contribution in [0.3, 0.4) is 0 Å². The molecule has 3 aliphatic heterocycles. The average Bonchev–Trinajstić information content (AvgIpc) is 2.75. The number of hydrogen-bond donors (Lipinski definition) is 2. The monoisotopic (exact) mass is 388 g/mol. The van der Waals surface area contributed by atoms with Crippen LogP contribution in [0.15, 0.2) is 30.3 Å². The van der Waals surface area contributed by atoms with Gasteiger partial charge in [0, 0.05) is 84.2 Å². The summed E-state index contributed by atoms with van der Waals surface area (Å²) >= 11 is 0. The van der Waals surface area contributed by atoms with Crippen LogP contribution in [-0.4, -0.2) is 123 Å². The van der Waals surface area contributed by atoms with E-state index in [0.717, 1.165) is 78.5 Å². The zero-order valence-corrected chi connectivity index (χ0v) is 17.3. The maximum Gasteiger partial charge on any atom is 0.142 e. The summed E-state index contributed by atoms with van der Waals surface area (Å²) < 4.78 is 0. The summed E-state index contributed by atoms with van der Waals surface area (Å²) in [7, 11) is 2.25. The number of rotatable bonds is 5. The highest BCUT2D eigenvalue weighted by atomic mass is 16.3. The van der Waals surface area contributed by atoms with Gasteiger partial charge in [-0.15, -0.1) is 0 Å². The van der Waals surface area contributed by atoms with Gasteiger partial charge in [0.05, 0.1) is 6.61 Å². The molecule has 0 saturated carbocycles. The third kappa shape index (κ3) is 4.20. The van der Waals surface area contributed by atoms with Gasteiger partial charge in [-0.25, -0.2) is 0 Å². The molecule has 1 atom stereocenters. The number of anilines is 1. The highest BCUT2D eigenvalue weighted by Gasteiger charge is 2.46. The van der Waals surface area contributed by atoms with Crippen molar-refractivity contribution in [3.05, 3.63) is 30.3 Å². The van der Waals surface area contributed by atoms with E-state index < -0.39 is 0 Å². The molecule has 156 valence electrons. The molecule has 0 aliphatic carbocycles. The second-order valence-corrected chi connectivity index (χ2v) is 8.34. The van der Waals surface area contributed by atoms with Crippen LogP contribution < -0.4 is 10.2 Å². The number of piperazine rings is 3. The molecule has 3 saturated heterocycles. The largest absolute Gasteiger partial charge is 0.395 e. The fourth-order valence-corrected chi connectivity index (χ4v) is 5.04. The molecule has 28 heavy (non-hydrogen) atoms. The molecule has 4 rings (SSSR count). The van der Waals surface area contributed by atoms with Crippen molar-refractivity contribution < 1.29 is 5.11 Å². The summed E-state index contributed by atoms with van der Waals surface area (Å²) in [5.41, 5.74) is 1.34. The molecule has 0 bridgehead atoms. The molecule has 3 fully saturated rings. The Morgan fingerprint density at radius 1 is 0.893 bits per heavy atom. The minimum absolute atomic E-state index is 0.0684. The number of hydrogen-bond acceptors (Lipinski definition) is 7. The molecule has 3 heterocycles. The van der Waals surface area contributed by atoms with Crippen LogP contribution in [0.5, 0.6) is 0 Å². The van der Waals surface area contributed by atoms with Gasteiger partial charge >= 0.3 is 0 Å². The number of likely N-dealkylation sites (N-methyl/N-ethyl adjacent to an activating group) is 1. The van der Waals surface area contributed by atoms with Gasteiger partial charge in [-0.2, -0.15) is 0 Å². The number of nitrogens with one attached hydrogen (secondary N) is 1. The first-order chi connectivity index (χ1) is 13.7. The van der Waals surface area contributed by atoms with Crippen LogP contribution in [0.25, 0.3) is 0 Å². The third-order valence-corrected chi connectivity index (χ3v) is 6.63. The zero-order chi connectivity index (χ0) is 19.4. The van der Waals surface area contributed by atoms with E-state index in [-0.39, 0.29) is 12.4 Å². The molecular formula is C21H36N6O. The van der Waals surface area contributed by atoms with Gasteiger partial charge in [-0.05, 0) is 19.2 Å². The Morgan fingerprint density at radius 2 is 1.54 bits per heavy atom. The summed E-state index contributed by atoms with van der Waals surface area (Å²) in [5.74, 6) is -0.0684. The molecule has 0 radical (unpaired) electrons. The zero-order valence-electron chi connectivity index (χ0n) is 17.3. The van der Waals surface area contributed by atoms with Crippen LogP contribution >= 0.6 is 0 Å². The van der Waals surface area contributed by atoms with Gasteiger partial charge in [0.15, 0.2) is 0 Å². The second-order valence-electron chi connectivity index (χ2n) is 8.34. The molecule has 1 unspecified atom stereocenters. The first-order valence-electron chi connectivity index (χ1n) is 10.8. The summed E-state index contributed by atoms with van der Waals surface area (Å²) in [6, 6.07) is 10.8. The Kier molecular flexibility index (Phi) is 6.50. The molecule has 1 aromatic rings. The number of para-hydroxylation sites is 1. The van der Waals surface area contributed by atoms with E-state index in [2.05, 4.69) is 67.2 Å². The first-order valence-corrected chi connectivity index (χ1v) is 10.8. The first kappa shape index (κ1) is 20.1. The van der Waals surface area contributed by atoms with E-state index in [9.17, 15) is 5.11 Å². The molecule has 7 nitrogen and oxygen atoms in total. The predicted molar refractivity (Wildman–Crippen MR) is 114 cm³/mol. The SMILES string of the molecule is CN1CCNC(N2CCN(CCO)CC2)(N2CCN(c3ccccc3)CC2)C1. The van der Waals surface area contributed by atoms with Crippen molar-refractivity contribution in [3.8, 4) is 0 Å². The predicted octanol–water partition coefficient (Wildman–Crippen LogP) is -0.393. The van der Waals surface area contributed by atoms with E-state index in [1.165, 1.54) is 5.69 Å². The van der Waals surface area contributed by atoms with Gasteiger partial charge in [-0.3, -0.25) is 20.0 Å². The Labute approximate surface area is 169 Å². The van der Waals surface area contributed by atoms with Gasteiger partial charge in [0.25, 0.3) is 0 Å². The molecule has 7 heteroatoms. The quantitative estimate of drug-likeness (QED) is 0.712. The molecule has 3 aliphatic rings. The lowest BCUT2D eigenvalue weighted by Crippen LogP contribution is -2.79. The van der Waals surface area contributed by atoms with Crippen LogP contribution in [0, 0.1) is 0 Å². The van der Waals surface area contributed by atoms with Crippen molar-refractivity contribution in [2.45, 2.75) is 5.79 Å². The maximum absolute atomic E-state index is 9.25. The second kappa shape index (κ2) is 9.07. The van der Waals surface area contributed by atoms with Gasteiger partial charge < -0.3 is 14.9 Å². The van der Waals surface area contributed by atoms with E-state index in [0.29, 0.717) is 0 Å². The van der Waals surface area contributed by atoms with E-state index in [1.807, 2.05) is 0 Å². The summed E-state index contributed by atoms with van der Waals surface area (Å²) in [6.45, 7) is 12.7. The van der Waals surface area contributed by atoms with Crippen molar-refractivity contribution >= 4 is 5.69 Å². The van der Waals surface area contributed by atoms with Crippen LogP contribution in [-0.2, 0) is 0 Å². The van der Waals surface area contributed by atoms with Crippen molar-refractivity contribution in [1.82, 2.24) is 24.9 Å². The van der Waals surface area contributed by atoms with Gasteiger partial charge in [0.1, 0.15) is 5.79 Å². The average molecular weight is 389 g/mol. The van der Waals surface area contributed by atoms with E-state index in [1.54, 1.807) is 0 Å². The Bertz CT molecular complexity index is 600. The normalized spacial score (nSPS) is 29.3. The summed E-state index contributed by atoms with van der Waals surface area (Å²) in [5, 5.41) is 13.2. The van der Waals surface area contributed by atoms with Crippen molar-refractivity contribution in [1.29, 1.82) is 0 Å². The van der Waals surface area contributed by atoms with Gasteiger partial charge in [0.2, 0.25) is 0 Å². The smallest absolute Gasteiger partial charge is 0.142 e. The highest BCUT2D eigenvalue weighted by Crippen LogP contribution is 2.26. The number of aliphatic hydroxyl groups is 1. The lowest BCUT2D eigenvalue weighted by atomic mass is 10.1. The van der Waals surface area contributed by atoms with Crippen LogP contribution in [0.4, 0.5) is 5.69 Å². The fraction of sp³-hybridized carbons (Fsp3) is 0.714. The Morgan fingerprint density at radius 3 is 2.14 bits per heavy atom. The van der Waals surface area contributed by atoms with E-state index in [4.69, 9.17) is 0 Å². The standard InChI is InChI=1S/C21H36N6O/c1-23-8-7-22-21(19-23,26-13-9-24(10-14-26)17-18-28)27-15-11-25(12-16-27)20-5-3-2-4-6-20/h2-6,22,28H,7-19H2,1H3. The highest BCUT2D eigenvalue weighted by molar-refractivity contribution is 5.46. The van der Waals surface area contributed by atoms with Crippen LogP contribution in [0.1, 0.15) is 0 Å². The Hall–Kier alpha value is -1.22. The minimum atomic E-state index is -0.0684. The van der Waals surface area contributed by atoms with Gasteiger partial charge in [-0.1, -0.05) is 18.2 Å². The number of aliphatic hydroxyl groups excluding tert-OH is 1. The molecule has 0 spiro atoms. The minimum Gasteiger partial charge on any atom is -0.395 e. The molecule has 2 N–H and O–H groups in total. The van der Waals surface area contributed by atoms with Crippen molar-refractivity contribution in [3.63, 3.8) is 0 Å². The molecule has 1 aromatic carbocycles. The molecule has 0 amide bonds. The lowest BCUT2D eigenvalue weighted by Gasteiger charge is -2.58. The summed E-state index contributed by atoms with van der Waals surface area (Å²) in [6.07, 6.45) is 0. The number of benzene rings is 1. The number of β-amino-alcohol motifs (C(OH)–C–C–N with tert-alkyl or cyclic N) is 1. The number of nitrogens with zero attached hydrogens (tertiary/aromatic N) is 5.